The van der Waals surface area contributed by atoms with Crippen molar-refractivity contribution in [3.05, 3.63) is 48.2 Å². The number of nitrogens with one attached hydrogen (secondary N) is 1. The van der Waals surface area contributed by atoms with Gasteiger partial charge < -0.3 is 14.8 Å². The molecule has 0 aliphatic rings. The maximum atomic E-state index is 11.6. The molecule has 0 spiro atoms. The number of esters is 1. The minimum absolute atomic E-state index is 0.336. The fourth-order valence-electron chi connectivity index (χ4n) is 1.99. The average molecular weight is 388 g/mol. The number of rotatable bonds is 7. The lowest BCUT2D eigenvalue weighted by molar-refractivity contribution is 0.0525. The predicted molar refractivity (Wildman–Crippen MR) is 101 cm³/mol. The first-order valence-corrected chi connectivity index (χ1v) is 9.37. The molecule has 9 heteroatoms. The second kappa shape index (κ2) is 8.63. The molecule has 0 saturated carbocycles. The Bertz CT molecular complexity index is 884. The van der Waals surface area contributed by atoms with E-state index >= 15 is 0 Å². The highest BCUT2D eigenvalue weighted by Crippen LogP contribution is 2.32. The van der Waals surface area contributed by atoms with E-state index in [-0.39, 0.29) is 5.97 Å². The Morgan fingerprint density at radius 1 is 1.27 bits per heavy atom. The Morgan fingerprint density at radius 3 is 2.88 bits per heavy atom. The van der Waals surface area contributed by atoms with Crippen LogP contribution in [0.25, 0.3) is 0 Å². The topological polar surface area (TPSA) is 86.2 Å². The van der Waals surface area contributed by atoms with Gasteiger partial charge in [0, 0.05) is 18.0 Å². The third kappa shape index (κ3) is 4.70. The number of methoxy groups -OCH3 is 1. The SMILES string of the molecule is CCOC(=O)c1ccc(Sc2nnc(Nc3cccc(OC)c3)s2)nc1. The fraction of sp³-hybridized carbons (Fsp3) is 0.176. The zero-order chi connectivity index (χ0) is 18.4. The van der Waals surface area contributed by atoms with Crippen molar-refractivity contribution in [2.24, 2.45) is 0 Å². The van der Waals surface area contributed by atoms with Gasteiger partial charge in [0.1, 0.15) is 10.8 Å². The van der Waals surface area contributed by atoms with Crippen LogP contribution in [0.15, 0.2) is 52.0 Å². The summed E-state index contributed by atoms with van der Waals surface area (Å²) in [5, 5.41) is 12.9. The third-order valence-corrected chi connectivity index (χ3v) is 5.01. The highest BCUT2D eigenvalue weighted by Gasteiger charge is 2.10. The molecular formula is C17H16N4O3S2. The second-order valence-electron chi connectivity index (χ2n) is 4.94. The molecule has 134 valence electrons. The van der Waals surface area contributed by atoms with Gasteiger partial charge in [0.15, 0.2) is 4.34 Å². The van der Waals surface area contributed by atoms with Crippen LogP contribution in [0, 0.1) is 0 Å². The van der Waals surface area contributed by atoms with Gasteiger partial charge >= 0.3 is 5.97 Å². The van der Waals surface area contributed by atoms with Crippen molar-refractivity contribution in [2.75, 3.05) is 19.0 Å². The Labute approximate surface area is 158 Å². The summed E-state index contributed by atoms with van der Waals surface area (Å²) in [6.07, 6.45) is 1.50. The average Bonchev–Trinajstić information content (AvgIpc) is 3.09. The van der Waals surface area contributed by atoms with Gasteiger partial charge in [0.05, 0.1) is 19.3 Å². The monoisotopic (exact) mass is 388 g/mol. The Balaban J connectivity index is 1.63. The molecule has 7 nitrogen and oxygen atoms in total. The Kier molecular flexibility index (Phi) is 6.03. The molecular weight excluding hydrogens is 372 g/mol. The van der Waals surface area contributed by atoms with Gasteiger partial charge in [-0.3, -0.25) is 0 Å². The van der Waals surface area contributed by atoms with E-state index in [0.717, 1.165) is 20.8 Å². The molecule has 26 heavy (non-hydrogen) atoms. The van der Waals surface area contributed by atoms with E-state index in [2.05, 4.69) is 20.5 Å². The number of hydrogen-bond donors (Lipinski definition) is 1. The predicted octanol–water partition coefficient (Wildman–Crippen LogP) is 4.01. The van der Waals surface area contributed by atoms with Crippen LogP contribution in [0.2, 0.25) is 0 Å². The summed E-state index contributed by atoms with van der Waals surface area (Å²) < 4.78 is 10.9. The number of aromatic nitrogens is 3. The molecule has 0 aliphatic heterocycles. The standard InChI is InChI=1S/C17H16N4O3S2/c1-3-24-15(22)11-7-8-14(18-10-11)25-17-21-20-16(26-17)19-12-5-4-6-13(9-12)23-2/h4-10H,3H2,1-2H3,(H,19,20). The number of nitrogens with zero attached hydrogens (tertiary/aromatic N) is 3. The van der Waals surface area contributed by atoms with Gasteiger partial charge in [0.2, 0.25) is 5.13 Å². The summed E-state index contributed by atoms with van der Waals surface area (Å²) in [6, 6.07) is 11.0. The van der Waals surface area contributed by atoms with Crippen LogP contribution >= 0.6 is 23.1 Å². The van der Waals surface area contributed by atoms with Gasteiger partial charge in [-0.05, 0) is 43.0 Å². The first-order chi connectivity index (χ1) is 12.7. The number of hydrogen-bond acceptors (Lipinski definition) is 9. The molecule has 0 atom stereocenters. The maximum Gasteiger partial charge on any atom is 0.339 e. The molecule has 2 aromatic heterocycles. The molecule has 0 unspecified atom stereocenters. The highest BCUT2D eigenvalue weighted by atomic mass is 32.2. The van der Waals surface area contributed by atoms with Crippen LogP contribution in [0.4, 0.5) is 10.8 Å². The van der Waals surface area contributed by atoms with Crippen molar-refractivity contribution in [3.63, 3.8) is 0 Å². The van der Waals surface area contributed by atoms with Gasteiger partial charge in [-0.25, -0.2) is 9.78 Å². The summed E-state index contributed by atoms with van der Waals surface area (Å²) in [7, 11) is 1.62. The lowest BCUT2D eigenvalue weighted by Gasteiger charge is -2.04. The summed E-state index contributed by atoms with van der Waals surface area (Å²) in [5.41, 5.74) is 1.29. The summed E-state index contributed by atoms with van der Waals surface area (Å²) >= 11 is 2.79. The van der Waals surface area contributed by atoms with E-state index in [1.165, 1.54) is 29.3 Å². The van der Waals surface area contributed by atoms with Crippen molar-refractivity contribution in [2.45, 2.75) is 16.3 Å². The fourth-order valence-corrected chi connectivity index (χ4v) is 3.65. The molecule has 0 aliphatic carbocycles. The minimum atomic E-state index is -0.378. The van der Waals surface area contributed by atoms with E-state index in [0.29, 0.717) is 17.3 Å². The molecule has 0 fully saturated rings. The molecule has 3 rings (SSSR count). The van der Waals surface area contributed by atoms with Crippen LogP contribution in [0.1, 0.15) is 17.3 Å². The molecule has 0 saturated heterocycles. The van der Waals surface area contributed by atoms with E-state index in [4.69, 9.17) is 9.47 Å². The minimum Gasteiger partial charge on any atom is -0.497 e. The van der Waals surface area contributed by atoms with E-state index in [1.54, 1.807) is 26.2 Å². The Morgan fingerprint density at radius 2 is 2.15 bits per heavy atom. The van der Waals surface area contributed by atoms with Gasteiger partial charge in [-0.1, -0.05) is 17.4 Å². The zero-order valence-electron chi connectivity index (χ0n) is 14.1. The number of anilines is 2. The molecule has 1 N–H and O–H groups in total. The summed E-state index contributed by atoms with van der Waals surface area (Å²) in [4.78, 5) is 15.9. The number of carbonyl (C=O) groups is 1. The van der Waals surface area contributed by atoms with Crippen molar-refractivity contribution < 1.29 is 14.3 Å². The first-order valence-electron chi connectivity index (χ1n) is 7.73. The van der Waals surface area contributed by atoms with Crippen LogP contribution in [-0.2, 0) is 4.74 Å². The lowest BCUT2D eigenvalue weighted by atomic mass is 10.3. The smallest absolute Gasteiger partial charge is 0.339 e. The number of benzene rings is 1. The largest absolute Gasteiger partial charge is 0.497 e. The second-order valence-corrected chi connectivity index (χ2v) is 7.18. The van der Waals surface area contributed by atoms with Crippen molar-refractivity contribution >= 4 is 39.9 Å². The maximum absolute atomic E-state index is 11.6. The number of pyridine rings is 1. The normalized spacial score (nSPS) is 10.4. The molecule has 2 heterocycles. The van der Waals surface area contributed by atoms with E-state index in [9.17, 15) is 4.79 Å². The summed E-state index contributed by atoms with van der Waals surface area (Å²) in [5.74, 6) is 0.386. The van der Waals surface area contributed by atoms with Crippen molar-refractivity contribution in [3.8, 4) is 5.75 Å². The van der Waals surface area contributed by atoms with Crippen molar-refractivity contribution in [1.82, 2.24) is 15.2 Å². The van der Waals surface area contributed by atoms with Crippen LogP contribution < -0.4 is 10.1 Å². The van der Waals surface area contributed by atoms with Gasteiger partial charge in [0.25, 0.3) is 0 Å². The quantitative estimate of drug-likeness (QED) is 0.608. The molecule has 3 aromatic rings. The lowest BCUT2D eigenvalue weighted by Crippen LogP contribution is -2.04. The Hall–Kier alpha value is -2.65. The molecule has 1 aromatic carbocycles. The van der Waals surface area contributed by atoms with Crippen LogP contribution in [0.3, 0.4) is 0 Å². The zero-order valence-corrected chi connectivity index (χ0v) is 15.8. The van der Waals surface area contributed by atoms with Gasteiger partial charge in [-0.2, -0.15) is 0 Å². The third-order valence-electron chi connectivity index (χ3n) is 3.17. The van der Waals surface area contributed by atoms with E-state index < -0.39 is 0 Å². The first kappa shape index (κ1) is 18.2. The molecule has 0 bridgehead atoms. The van der Waals surface area contributed by atoms with Gasteiger partial charge in [-0.15, -0.1) is 10.2 Å². The van der Waals surface area contributed by atoms with Crippen molar-refractivity contribution in [1.29, 1.82) is 0 Å². The number of ether oxygens (including phenoxy) is 2. The molecule has 0 radical (unpaired) electrons. The number of carbonyl (C=O) groups excluding carboxylic acids is 1. The van der Waals surface area contributed by atoms with E-state index in [1.807, 2.05) is 24.3 Å². The molecule has 0 amide bonds. The highest BCUT2D eigenvalue weighted by molar-refractivity contribution is 8.01. The van der Waals surface area contributed by atoms with Crippen LogP contribution in [0.5, 0.6) is 5.75 Å². The van der Waals surface area contributed by atoms with Crippen LogP contribution in [-0.4, -0.2) is 34.9 Å². The summed E-state index contributed by atoms with van der Waals surface area (Å²) in [6.45, 7) is 2.10.